The summed E-state index contributed by atoms with van der Waals surface area (Å²) in [5, 5.41) is 11.1. The predicted molar refractivity (Wildman–Crippen MR) is 113 cm³/mol. The van der Waals surface area contributed by atoms with E-state index >= 15 is 0 Å². The first-order valence-electron chi connectivity index (χ1n) is 10.0. The van der Waals surface area contributed by atoms with Gasteiger partial charge in [0.25, 0.3) is 11.7 Å². The van der Waals surface area contributed by atoms with Crippen LogP contribution >= 0.6 is 0 Å². The molecule has 0 bridgehead atoms. The quantitative estimate of drug-likeness (QED) is 0.353. The maximum absolute atomic E-state index is 13.0. The second kappa shape index (κ2) is 8.87. The van der Waals surface area contributed by atoms with Gasteiger partial charge in [-0.2, -0.15) is 0 Å². The maximum atomic E-state index is 13.0. The van der Waals surface area contributed by atoms with Crippen LogP contribution in [0.4, 0.5) is 0 Å². The molecule has 1 fully saturated rings. The van der Waals surface area contributed by atoms with Crippen LogP contribution in [-0.4, -0.2) is 33.3 Å². The van der Waals surface area contributed by atoms with Crippen molar-refractivity contribution in [3.05, 3.63) is 89.6 Å². The summed E-state index contributed by atoms with van der Waals surface area (Å²) < 4.78 is 11.2. The highest BCUT2D eigenvalue weighted by atomic mass is 16.5. The molecule has 1 aliphatic heterocycles. The Morgan fingerprint density at radius 3 is 2.68 bits per heavy atom. The number of likely N-dealkylation sites (tertiary alicyclic amines) is 1. The molecule has 158 valence electrons. The van der Waals surface area contributed by atoms with Gasteiger partial charge in [0.15, 0.2) is 0 Å². The standard InChI is InChI=1S/C24H22N2O5/c1-2-12-30-18-6-3-5-17(14-18)22(27)20-21(19-7-4-13-31-19)26(24(29)23(20)28)15-16-8-10-25-11-9-16/h3-11,13-14,21,27H,2,12,15H2,1H3/b22-20-. The molecular weight excluding hydrogens is 396 g/mol. The number of aliphatic hydroxyl groups is 1. The lowest BCUT2D eigenvalue weighted by molar-refractivity contribution is -0.140. The van der Waals surface area contributed by atoms with Gasteiger partial charge >= 0.3 is 0 Å². The highest BCUT2D eigenvalue weighted by Crippen LogP contribution is 2.40. The van der Waals surface area contributed by atoms with E-state index in [1.54, 1.807) is 60.9 Å². The minimum Gasteiger partial charge on any atom is -0.507 e. The van der Waals surface area contributed by atoms with Gasteiger partial charge in [-0.25, -0.2) is 0 Å². The van der Waals surface area contributed by atoms with Crippen molar-refractivity contribution < 1.29 is 23.8 Å². The molecule has 1 atom stereocenters. The molecule has 0 saturated carbocycles. The Balaban J connectivity index is 1.78. The predicted octanol–water partition coefficient (Wildman–Crippen LogP) is 4.09. The first-order valence-corrected chi connectivity index (χ1v) is 10.0. The van der Waals surface area contributed by atoms with Crippen molar-refractivity contribution in [1.82, 2.24) is 9.88 Å². The van der Waals surface area contributed by atoms with Crippen LogP contribution in [0.1, 0.15) is 36.3 Å². The van der Waals surface area contributed by atoms with Crippen LogP contribution in [-0.2, 0) is 16.1 Å². The number of amides is 1. The molecule has 31 heavy (non-hydrogen) atoms. The molecular formula is C24H22N2O5. The van der Waals surface area contributed by atoms with Crippen molar-refractivity contribution in [2.24, 2.45) is 0 Å². The second-order valence-corrected chi connectivity index (χ2v) is 7.17. The first-order chi connectivity index (χ1) is 15.1. The van der Waals surface area contributed by atoms with Crippen molar-refractivity contribution in [3.63, 3.8) is 0 Å². The molecule has 0 spiro atoms. The Morgan fingerprint density at radius 2 is 1.97 bits per heavy atom. The molecule has 7 heteroatoms. The number of ketones is 1. The van der Waals surface area contributed by atoms with Crippen molar-refractivity contribution >= 4 is 17.4 Å². The van der Waals surface area contributed by atoms with Gasteiger partial charge in [0.2, 0.25) is 0 Å². The summed E-state index contributed by atoms with van der Waals surface area (Å²) in [5.41, 5.74) is 1.19. The highest BCUT2D eigenvalue weighted by molar-refractivity contribution is 6.46. The fraction of sp³-hybridized carbons (Fsp3) is 0.208. The topological polar surface area (TPSA) is 92.9 Å². The Labute approximate surface area is 179 Å². The molecule has 0 aliphatic carbocycles. The van der Waals surface area contributed by atoms with E-state index in [9.17, 15) is 14.7 Å². The van der Waals surface area contributed by atoms with Crippen LogP contribution in [0, 0.1) is 0 Å². The second-order valence-electron chi connectivity index (χ2n) is 7.17. The zero-order valence-electron chi connectivity index (χ0n) is 17.0. The van der Waals surface area contributed by atoms with Crippen molar-refractivity contribution in [2.45, 2.75) is 25.9 Å². The number of benzene rings is 1. The van der Waals surface area contributed by atoms with Gasteiger partial charge in [0.05, 0.1) is 18.4 Å². The number of pyridine rings is 1. The third-order valence-electron chi connectivity index (χ3n) is 5.04. The number of carbonyl (C=O) groups excluding carboxylic acids is 2. The van der Waals surface area contributed by atoms with E-state index < -0.39 is 17.7 Å². The largest absolute Gasteiger partial charge is 0.507 e. The molecule has 2 aromatic heterocycles. The van der Waals surface area contributed by atoms with Gasteiger partial charge in [-0.05, 0) is 48.4 Å². The zero-order chi connectivity index (χ0) is 21.8. The van der Waals surface area contributed by atoms with Crippen molar-refractivity contribution in [2.75, 3.05) is 6.61 Å². The number of aromatic nitrogens is 1. The lowest BCUT2D eigenvalue weighted by Gasteiger charge is -2.23. The van der Waals surface area contributed by atoms with Crippen LogP contribution < -0.4 is 4.74 Å². The van der Waals surface area contributed by atoms with E-state index in [4.69, 9.17) is 9.15 Å². The third kappa shape index (κ3) is 4.07. The highest BCUT2D eigenvalue weighted by Gasteiger charge is 2.47. The lowest BCUT2D eigenvalue weighted by atomic mass is 9.99. The van der Waals surface area contributed by atoms with E-state index in [-0.39, 0.29) is 17.9 Å². The zero-order valence-corrected chi connectivity index (χ0v) is 17.0. The molecule has 1 N–H and O–H groups in total. The summed E-state index contributed by atoms with van der Waals surface area (Å²) in [6.45, 7) is 2.71. The Hall–Kier alpha value is -3.87. The molecule has 7 nitrogen and oxygen atoms in total. The SMILES string of the molecule is CCCOc1cccc(/C(O)=C2/C(=O)C(=O)N(Cc3ccncc3)C2c2ccco2)c1. The van der Waals surface area contributed by atoms with Crippen LogP contribution in [0.25, 0.3) is 5.76 Å². The number of nitrogens with zero attached hydrogens (tertiary/aromatic N) is 2. The number of hydrogen-bond donors (Lipinski definition) is 1. The molecule has 1 aliphatic rings. The Kier molecular flexibility index (Phi) is 5.84. The normalized spacial score (nSPS) is 17.8. The summed E-state index contributed by atoms with van der Waals surface area (Å²) >= 11 is 0. The van der Waals surface area contributed by atoms with E-state index in [2.05, 4.69) is 4.98 Å². The molecule has 0 radical (unpaired) electrons. The van der Waals surface area contributed by atoms with Crippen LogP contribution in [0.15, 0.2) is 77.2 Å². The number of Topliss-reactive ketones (excluding diaryl/α,β-unsaturated/α-hetero) is 1. The van der Waals surface area contributed by atoms with Crippen LogP contribution in [0.2, 0.25) is 0 Å². The number of furan rings is 1. The summed E-state index contributed by atoms with van der Waals surface area (Å²) in [5.74, 6) is -0.746. The monoisotopic (exact) mass is 418 g/mol. The van der Waals surface area contributed by atoms with Crippen molar-refractivity contribution in [1.29, 1.82) is 0 Å². The summed E-state index contributed by atoms with van der Waals surface area (Å²) in [6.07, 6.45) is 5.56. The molecule has 1 unspecified atom stereocenters. The summed E-state index contributed by atoms with van der Waals surface area (Å²) in [6, 6.07) is 12.9. The molecule has 1 aromatic carbocycles. The van der Waals surface area contributed by atoms with Gasteiger partial charge in [0.1, 0.15) is 23.3 Å². The number of rotatable bonds is 7. The van der Waals surface area contributed by atoms with Gasteiger partial charge in [-0.1, -0.05) is 19.1 Å². The molecule has 3 aromatic rings. The lowest BCUT2D eigenvalue weighted by Crippen LogP contribution is -2.29. The summed E-state index contributed by atoms with van der Waals surface area (Å²) in [4.78, 5) is 31.3. The number of aliphatic hydroxyl groups excluding tert-OH is 1. The molecule has 4 rings (SSSR count). The average molecular weight is 418 g/mol. The van der Waals surface area contributed by atoms with E-state index in [1.807, 2.05) is 6.92 Å². The third-order valence-corrected chi connectivity index (χ3v) is 5.04. The van der Waals surface area contributed by atoms with E-state index in [0.29, 0.717) is 23.7 Å². The molecule has 3 heterocycles. The Bertz CT molecular complexity index is 1110. The van der Waals surface area contributed by atoms with E-state index in [0.717, 1.165) is 12.0 Å². The average Bonchev–Trinajstić information content (AvgIpc) is 3.41. The fourth-order valence-corrected chi connectivity index (χ4v) is 3.58. The van der Waals surface area contributed by atoms with Crippen LogP contribution in [0.5, 0.6) is 5.75 Å². The minimum atomic E-state index is -0.844. The van der Waals surface area contributed by atoms with Gasteiger partial charge in [0, 0.05) is 24.5 Å². The maximum Gasteiger partial charge on any atom is 0.296 e. The Morgan fingerprint density at radius 1 is 1.16 bits per heavy atom. The fourth-order valence-electron chi connectivity index (χ4n) is 3.58. The van der Waals surface area contributed by atoms with Gasteiger partial charge in [-0.15, -0.1) is 0 Å². The summed E-state index contributed by atoms with van der Waals surface area (Å²) in [7, 11) is 0. The number of ether oxygens (including phenoxy) is 1. The first kappa shape index (κ1) is 20.4. The van der Waals surface area contributed by atoms with Crippen molar-refractivity contribution in [3.8, 4) is 5.75 Å². The number of hydrogen-bond acceptors (Lipinski definition) is 6. The minimum absolute atomic E-state index is 0.0124. The molecule has 1 saturated heterocycles. The van der Waals surface area contributed by atoms with Gasteiger partial charge < -0.3 is 19.2 Å². The van der Waals surface area contributed by atoms with E-state index in [1.165, 1.54) is 11.2 Å². The molecule has 1 amide bonds. The smallest absolute Gasteiger partial charge is 0.296 e. The number of carbonyl (C=O) groups is 2. The van der Waals surface area contributed by atoms with Gasteiger partial charge in [-0.3, -0.25) is 14.6 Å². The van der Waals surface area contributed by atoms with Crippen LogP contribution in [0.3, 0.4) is 0 Å².